The Balaban J connectivity index is 0.00000900. The molecule has 3 nitrogen and oxygen atoms in total. The molecular weight excluding hydrogens is 470 g/mol. The quantitative estimate of drug-likeness (QED) is 0.186. The fraction of sp³-hybridized carbons (Fsp3) is 0.769. The van der Waals surface area contributed by atoms with Crippen molar-refractivity contribution in [3.05, 3.63) is 29.8 Å². The van der Waals surface area contributed by atoms with Gasteiger partial charge in [-0.2, -0.15) is 0 Å². The van der Waals surface area contributed by atoms with Crippen molar-refractivity contribution >= 4 is 26.8 Å². The first kappa shape index (κ1) is 30.6. The van der Waals surface area contributed by atoms with Gasteiger partial charge in [-0.25, -0.2) is 8.42 Å². The van der Waals surface area contributed by atoms with Crippen LogP contribution in [0, 0.1) is 6.92 Å². The zero-order valence-corrected chi connectivity index (χ0v) is 23.1. The van der Waals surface area contributed by atoms with E-state index < -0.39 is 9.84 Å². The predicted molar refractivity (Wildman–Crippen MR) is 141 cm³/mol. The van der Waals surface area contributed by atoms with Gasteiger partial charge in [-0.15, -0.1) is 17.0 Å². The zero-order chi connectivity index (χ0) is 22.2. The summed E-state index contributed by atoms with van der Waals surface area (Å²) < 4.78 is 24.9. The van der Waals surface area contributed by atoms with Crippen LogP contribution in [0.5, 0.6) is 0 Å². The monoisotopic (exact) mass is 517 g/mol. The number of sulfone groups is 1. The topological polar surface area (TPSA) is 37.4 Å². The molecule has 0 aromatic heterocycles. The van der Waals surface area contributed by atoms with Crippen molar-refractivity contribution in [2.24, 2.45) is 0 Å². The number of nitrogens with zero attached hydrogens (tertiary/aromatic N) is 1. The van der Waals surface area contributed by atoms with Gasteiger partial charge >= 0.3 is 0 Å². The van der Waals surface area contributed by atoms with E-state index in [2.05, 4.69) is 25.9 Å². The van der Waals surface area contributed by atoms with Crippen molar-refractivity contribution in [1.82, 2.24) is 4.90 Å². The van der Waals surface area contributed by atoms with E-state index in [0.717, 1.165) is 24.8 Å². The van der Waals surface area contributed by atoms with E-state index in [4.69, 9.17) is 0 Å². The minimum atomic E-state index is -3.14. The SMILES string of the molecule is Br.CCCCCCCCCCCC(CCCCCS(=O)(=O)c1ccc(C)cc1)N(C)C. The highest BCUT2D eigenvalue weighted by molar-refractivity contribution is 8.93. The average molecular weight is 519 g/mol. The minimum absolute atomic E-state index is 0. The fourth-order valence-electron chi connectivity index (χ4n) is 4.06. The summed E-state index contributed by atoms with van der Waals surface area (Å²) in [5.41, 5.74) is 1.09. The molecule has 1 unspecified atom stereocenters. The molecule has 0 spiro atoms. The molecule has 1 atom stereocenters. The molecule has 0 amide bonds. The van der Waals surface area contributed by atoms with Crippen LogP contribution in [-0.4, -0.2) is 39.2 Å². The maximum atomic E-state index is 12.4. The van der Waals surface area contributed by atoms with E-state index in [0.29, 0.717) is 10.9 Å². The summed E-state index contributed by atoms with van der Waals surface area (Å²) in [6.45, 7) is 4.25. The summed E-state index contributed by atoms with van der Waals surface area (Å²) in [6, 6.07) is 7.85. The van der Waals surface area contributed by atoms with Gasteiger partial charge < -0.3 is 4.90 Å². The summed E-state index contributed by atoms with van der Waals surface area (Å²) in [5.74, 6) is 0.265. The molecule has 0 aliphatic rings. The van der Waals surface area contributed by atoms with Gasteiger partial charge in [0.1, 0.15) is 0 Å². The first-order valence-corrected chi connectivity index (χ1v) is 14.0. The van der Waals surface area contributed by atoms with Gasteiger partial charge in [0.15, 0.2) is 9.84 Å². The molecule has 31 heavy (non-hydrogen) atoms. The molecular formula is C26H48BrNO2S. The molecule has 182 valence electrons. The molecule has 0 saturated heterocycles. The Morgan fingerprint density at radius 1 is 0.742 bits per heavy atom. The van der Waals surface area contributed by atoms with Crippen LogP contribution in [-0.2, 0) is 9.84 Å². The second-order valence-electron chi connectivity index (χ2n) is 9.22. The van der Waals surface area contributed by atoms with E-state index in [1.165, 1.54) is 70.6 Å². The van der Waals surface area contributed by atoms with Crippen molar-refractivity contribution in [3.8, 4) is 0 Å². The Labute approximate surface area is 204 Å². The van der Waals surface area contributed by atoms with Crippen LogP contribution >= 0.6 is 17.0 Å². The first-order chi connectivity index (χ1) is 14.4. The van der Waals surface area contributed by atoms with Crippen molar-refractivity contribution in [1.29, 1.82) is 0 Å². The van der Waals surface area contributed by atoms with Gasteiger partial charge in [0.2, 0.25) is 0 Å². The number of unbranched alkanes of at least 4 members (excludes halogenated alkanes) is 10. The molecule has 1 rings (SSSR count). The number of aryl methyl sites for hydroxylation is 1. The van der Waals surface area contributed by atoms with Crippen LogP contribution in [0.15, 0.2) is 29.2 Å². The van der Waals surface area contributed by atoms with Crippen LogP contribution < -0.4 is 0 Å². The standard InChI is InChI=1S/C26H47NO2S.BrH/c1-5-6-7-8-9-10-11-12-14-17-25(27(3)4)18-15-13-16-23-30(28,29)26-21-19-24(2)20-22-26;/h19-22,25H,5-18,23H2,1-4H3;1H. The average Bonchev–Trinajstić information content (AvgIpc) is 2.70. The van der Waals surface area contributed by atoms with Crippen LogP contribution in [0.1, 0.15) is 102 Å². The van der Waals surface area contributed by atoms with Crippen molar-refractivity contribution in [3.63, 3.8) is 0 Å². The summed E-state index contributed by atoms with van der Waals surface area (Å²) in [4.78, 5) is 2.82. The number of benzene rings is 1. The van der Waals surface area contributed by atoms with Crippen LogP contribution in [0.3, 0.4) is 0 Å². The van der Waals surface area contributed by atoms with Gasteiger partial charge in [0, 0.05) is 6.04 Å². The Hall–Kier alpha value is -0.390. The highest BCUT2D eigenvalue weighted by atomic mass is 79.9. The van der Waals surface area contributed by atoms with Crippen LogP contribution in [0.4, 0.5) is 0 Å². The summed E-state index contributed by atoms with van der Waals surface area (Å²) in [6.07, 6.45) is 17.7. The smallest absolute Gasteiger partial charge is 0.178 e. The highest BCUT2D eigenvalue weighted by Gasteiger charge is 2.14. The molecule has 0 saturated carbocycles. The van der Waals surface area contributed by atoms with Crippen molar-refractivity contribution in [2.75, 3.05) is 19.8 Å². The third-order valence-electron chi connectivity index (χ3n) is 6.20. The maximum Gasteiger partial charge on any atom is 0.178 e. The van der Waals surface area contributed by atoms with Crippen LogP contribution in [0.25, 0.3) is 0 Å². The summed E-state index contributed by atoms with van der Waals surface area (Å²) in [7, 11) is 1.23. The lowest BCUT2D eigenvalue weighted by atomic mass is 10.00. The number of hydrogen-bond acceptors (Lipinski definition) is 3. The summed E-state index contributed by atoms with van der Waals surface area (Å²) in [5, 5.41) is 0. The van der Waals surface area contributed by atoms with Gasteiger partial charge in [-0.05, 0) is 52.4 Å². The minimum Gasteiger partial charge on any atom is -0.306 e. The first-order valence-electron chi connectivity index (χ1n) is 12.3. The Morgan fingerprint density at radius 3 is 1.68 bits per heavy atom. The number of hydrogen-bond donors (Lipinski definition) is 0. The molecule has 1 aromatic rings. The number of rotatable bonds is 18. The molecule has 0 aliphatic carbocycles. The Morgan fingerprint density at radius 2 is 1.19 bits per heavy atom. The van der Waals surface area contributed by atoms with Crippen LogP contribution in [0.2, 0.25) is 0 Å². The highest BCUT2D eigenvalue weighted by Crippen LogP contribution is 2.18. The molecule has 0 N–H and O–H groups in total. The van der Waals surface area contributed by atoms with Gasteiger partial charge in [-0.1, -0.05) is 95.2 Å². The molecule has 5 heteroatoms. The van der Waals surface area contributed by atoms with Gasteiger partial charge in [0.25, 0.3) is 0 Å². The lowest BCUT2D eigenvalue weighted by Crippen LogP contribution is -2.27. The Bertz CT molecular complexity index is 644. The Kier molecular flexibility index (Phi) is 17.9. The second-order valence-corrected chi connectivity index (χ2v) is 11.3. The van der Waals surface area contributed by atoms with E-state index in [1.807, 2.05) is 19.1 Å². The zero-order valence-electron chi connectivity index (χ0n) is 20.6. The molecule has 0 aliphatic heterocycles. The predicted octanol–water partition coefficient (Wildman–Crippen LogP) is 7.76. The van der Waals surface area contributed by atoms with E-state index in [1.54, 1.807) is 12.1 Å². The summed E-state index contributed by atoms with van der Waals surface area (Å²) >= 11 is 0. The molecule has 0 fully saturated rings. The molecule has 0 radical (unpaired) electrons. The van der Waals surface area contributed by atoms with Crippen molar-refractivity contribution < 1.29 is 8.42 Å². The largest absolute Gasteiger partial charge is 0.306 e. The lowest BCUT2D eigenvalue weighted by molar-refractivity contribution is 0.252. The van der Waals surface area contributed by atoms with E-state index in [-0.39, 0.29) is 22.7 Å². The normalized spacial score (nSPS) is 12.7. The van der Waals surface area contributed by atoms with Gasteiger partial charge in [0.05, 0.1) is 10.6 Å². The lowest BCUT2D eigenvalue weighted by Gasteiger charge is -2.24. The number of halogens is 1. The van der Waals surface area contributed by atoms with Gasteiger partial charge in [-0.3, -0.25) is 0 Å². The maximum absolute atomic E-state index is 12.4. The van der Waals surface area contributed by atoms with E-state index >= 15 is 0 Å². The molecule has 0 heterocycles. The van der Waals surface area contributed by atoms with E-state index in [9.17, 15) is 8.42 Å². The molecule has 1 aromatic carbocycles. The fourth-order valence-corrected chi connectivity index (χ4v) is 5.43. The second kappa shape index (κ2) is 18.1. The third-order valence-corrected chi connectivity index (χ3v) is 8.02. The van der Waals surface area contributed by atoms with Crippen molar-refractivity contribution in [2.45, 2.75) is 115 Å². The third kappa shape index (κ3) is 14.4. The molecule has 0 bridgehead atoms.